The average molecular weight is 606 g/mol. The molecule has 11 heteroatoms. The first-order chi connectivity index (χ1) is 21.3. The Morgan fingerprint density at radius 2 is 1.45 bits per heavy atom. The summed E-state index contributed by atoms with van der Waals surface area (Å²) in [5.74, 6) is -1.62. The molecule has 4 amide bonds. The van der Waals surface area contributed by atoms with Crippen LogP contribution in [0.2, 0.25) is 0 Å². The van der Waals surface area contributed by atoms with E-state index >= 15 is 0 Å². The van der Waals surface area contributed by atoms with Gasteiger partial charge < -0.3 is 31.9 Å². The lowest BCUT2D eigenvalue weighted by molar-refractivity contribution is -0.142. The Labute approximate surface area is 259 Å². The Morgan fingerprint density at radius 3 is 2.02 bits per heavy atom. The van der Waals surface area contributed by atoms with Crippen molar-refractivity contribution in [3.8, 4) is 0 Å². The fourth-order valence-electron chi connectivity index (χ4n) is 5.37. The molecule has 44 heavy (non-hydrogen) atoms. The molecule has 237 valence electrons. The van der Waals surface area contributed by atoms with Gasteiger partial charge in [-0.1, -0.05) is 60.7 Å². The van der Waals surface area contributed by atoms with E-state index in [0.717, 1.165) is 11.1 Å². The predicted octanol–water partition coefficient (Wildman–Crippen LogP) is 0.764. The van der Waals surface area contributed by atoms with Crippen LogP contribution in [0.15, 0.2) is 60.7 Å². The van der Waals surface area contributed by atoms with Crippen LogP contribution in [0.25, 0.3) is 0 Å². The molecular weight excluding hydrogens is 560 g/mol. The van der Waals surface area contributed by atoms with E-state index in [-0.39, 0.29) is 18.2 Å². The highest BCUT2D eigenvalue weighted by Gasteiger charge is 2.39. The first kappa shape index (κ1) is 34.4. The lowest BCUT2D eigenvalue weighted by atomic mass is 10.0. The summed E-state index contributed by atoms with van der Waals surface area (Å²) in [6, 6.07) is 14.8. The van der Waals surface area contributed by atoms with Crippen molar-refractivity contribution in [1.29, 1.82) is 0 Å². The Balaban J connectivity index is 1.74. The molecule has 1 aliphatic heterocycles. The minimum absolute atomic E-state index is 0.204. The fraction of sp³-hybridized carbons (Fsp3) is 0.485. The molecular formula is C33H45N6O5. The Hall–Kier alpha value is -4.09. The minimum Gasteiger partial charge on any atom is -0.344 e. The molecule has 0 bridgehead atoms. The molecule has 5 atom stereocenters. The maximum atomic E-state index is 13.9. The summed E-state index contributed by atoms with van der Waals surface area (Å²) in [7, 11) is 1.70. The highest BCUT2D eigenvalue weighted by Crippen LogP contribution is 2.21. The van der Waals surface area contributed by atoms with Gasteiger partial charge in [-0.3, -0.25) is 24.0 Å². The molecule has 3 rings (SSSR count). The summed E-state index contributed by atoms with van der Waals surface area (Å²) in [4.78, 5) is 66.4. The van der Waals surface area contributed by atoms with E-state index in [0.29, 0.717) is 51.6 Å². The van der Waals surface area contributed by atoms with Gasteiger partial charge in [-0.15, -0.1) is 0 Å². The summed E-state index contributed by atoms with van der Waals surface area (Å²) >= 11 is 0. The standard InChI is InChI=1S/C33H45N6O5/c1-23(22-40)36-31(42)28(21-25-14-7-4-8-15-25)38-32(43)29-17-11-19-39(29)33(44)26(16-9-10-18-34)37-30(41)27(35-2)20-24-12-5-3-6-13-24/h3-8,12-15,23,26-29,35H,9-11,16-21,34H2,1-2H3,(H,36,42)(H,37,41)(H,38,43)/t23-,26-,27-,28-,29-/m0/s1. The molecule has 1 aliphatic rings. The number of likely N-dealkylation sites (N-methyl/N-ethyl adjacent to an activating group) is 1. The smallest absolute Gasteiger partial charge is 0.245 e. The maximum Gasteiger partial charge on any atom is 0.245 e. The molecule has 0 aromatic heterocycles. The van der Waals surface area contributed by atoms with Crippen LogP contribution in [0.4, 0.5) is 0 Å². The van der Waals surface area contributed by atoms with Crippen molar-refractivity contribution in [1.82, 2.24) is 26.2 Å². The zero-order valence-electron chi connectivity index (χ0n) is 25.6. The minimum atomic E-state index is -0.965. The van der Waals surface area contributed by atoms with Gasteiger partial charge in [-0.05, 0) is 70.2 Å². The Morgan fingerprint density at radius 1 is 0.864 bits per heavy atom. The molecule has 1 heterocycles. The van der Waals surface area contributed by atoms with Gasteiger partial charge in [0.15, 0.2) is 0 Å². The third-order valence-electron chi connectivity index (χ3n) is 7.80. The summed E-state index contributed by atoms with van der Waals surface area (Å²) in [5.41, 5.74) is 7.51. The number of nitrogens with one attached hydrogen (secondary N) is 4. The summed E-state index contributed by atoms with van der Waals surface area (Å²) in [6.07, 6.45) is 5.11. The van der Waals surface area contributed by atoms with Crippen LogP contribution >= 0.6 is 0 Å². The van der Waals surface area contributed by atoms with E-state index in [1.54, 1.807) is 13.3 Å². The van der Waals surface area contributed by atoms with Crippen LogP contribution in [-0.2, 0) is 36.8 Å². The van der Waals surface area contributed by atoms with E-state index in [1.165, 1.54) is 11.8 Å². The highest BCUT2D eigenvalue weighted by atomic mass is 16.2. The van der Waals surface area contributed by atoms with Crippen LogP contribution in [0.1, 0.15) is 50.2 Å². The van der Waals surface area contributed by atoms with Crippen molar-refractivity contribution >= 4 is 29.9 Å². The van der Waals surface area contributed by atoms with Gasteiger partial charge in [0, 0.05) is 13.0 Å². The van der Waals surface area contributed by atoms with Crippen LogP contribution in [0.3, 0.4) is 0 Å². The van der Waals surface area contributed by atoms with Crippen molar-refractivity contribution in [3.05, 3.63) is 71.8 Å². The molecule has 6 N–H and O–H groups in total. The third kappa shape index (κ3) is 10.3. The summed E-state index contributed by atoms with van der Waals surface area (Å²) in [5, 5.41) is 11.4. The van der Waals surface area contributed by atoms with Crippen molar-refractivity contribution < 1.29 is 24.0 Å². The quantitative estimate of drug-likeness (QED) is 0.166. The lowest BCUT2D eigenvalue weighted by Crippen LogP contribution is -2.58. The molecule has 0 spiro atoms. The molecule has 0 aliphatic carbocycles. The molecule has 2 aromatic rings. The number of benzene rings is 2. The summed E-state index contributed by atoms with van der Waals surface area (Å²) in [6.45, 7) is 2.32. The van der Waals surface area contributed by atoms with E-state index in [1.807, 2.05) is 60.7 Å². The van der Waals surface area contributed by atoms with Crippen molar-refractivity contribution in [2.24, 2.45) is 5.73 Å². The van der Waals surface area contributed by atoms with Crippen molar-refractivity contribution in [3.63, 3.8) is 0 Å². The first-order valence-electron chi connectivity index (χ1n) is 15.3. The predicted molar refractivity (Wildman–Crippen MR) is 168 cm³/mol. The number of hydrogen-bond donors (Lipinski definition) is 5. The highest BCUT2D eigenvalue weighted by molar-refractivity contribution is 5.95. The van der Waals surface area contributed by atoms with Crippen LogP contribution in [0, 0.1) is 0 Å². The third-order valence-corrected chi connectivity index (χ3v) is 7.80. The number of rotatable bonds is 17. The first-order valence-corrected chi connectivity index (χ1v) is 15.3. The van der Waals surface area contributed by atoms with Crippen molar-refractivity contribution in [2.45, 2.75) is 82.1 Å². The van der Waals surface area contributed by atoms with Gasteiger partial charge in [-0.2, -0.15) is 0 Å². The number of nitrogens with two attached hydrogens (primary N) is 1. The average Bonchev–Trinajstić information content (AvgIpc) is 3.53. The van der Waals surface area contributed by atoms with Gasteiger partial charge >= 0.3 is 0 Å². The zero-order chi connectivity index (χ0) is 31.9. The van der Waals surface area contributed by atoms with Gasteiger partial charge in [0.05, 0.1) is 12.1 Å². The normalized spacial score (nSPS) is 17.2. The molecule has 1 saturated heterocycles. The van der Waals surface area contributed by atoms with E-state index < -0.39 is 42.0 Å². The van der Waals surface area contributed by atoms with E-state index in [9.17, 15) is 24.0 Å². The van der Waals surface area contributed by atoms with Crippen molar-refractivity contribution in [2.75, 3.05) is 20.1 Å². The maximum absolute atomic E-state index is 13.9. The van der Waals surface area contributed by atoms with Crippen LogP contribution < -0.4 is 27.0 Å². The Kier molecular flexibility index (Phi) is 14.0. The molecule has 11 nitrogen and oxygen atoms in total. The lowest BCUT2D eigenvalue weighted by Gasteiger charge is -2.30. The SMILES string of the molecule is CN[C@@H](Cc1ccccc1)C(=O)N[C@@H](CCCCN)C(=O)N1CCC[C@H]1C(=O)N[C@@H](Cc1ccccc1)C(=O)N[C@@H](C)[C]=O. The number of likely N-dealkylation sites (tertiary alicyclic amines) is 1. The summed E-state index contributed by atoms with van der Waals surface area (Å²) < 4.78 is 0. The number of unbranched alkanes of at least 4 members (excludes halogenated alkanes) is 1. The Bertz CT molecular complexity index is 1230. The number of hydrogen-bond acceptors (Lipinski definition) is 7. The molecule has 2 aromatic carbocycles. The van der Waals surface area contributed by atoms with Crippen LogP contribution in [0.5, 0.6) is 0 Å². The van der Waals surface area contributed by atoms with Gasteiger partial charge in [-0.25, -0.2) is 0 Å². The second-order valence-corrected chi connectivity index (χ2v) is 11.2. The molecule has 1 radical (unpaired) electrons. The van der Waals surface area contributed by atoms with E-state index in [4.69, 9.17) is 5.73 Å². The zero-order valence-corrected chi connectivity index (χ0v) is 25.6. The fourth-order valence-corrected chi connectivity index (χ4v) is 5.37. The number of carbonyl (C=O) groups is 4. The van der Waals surface area contributed by atoms with Gasteiger partial charge in [0.1, 0.15) is 18.1 Å². The monoisotopic (exact) mass is 605 g/mol. The number of nitrogens with zero attached hydrogens (tertiary/aromatic N) is 1. The molecule has 0 unspecified atom stereocenters. The topological polar surface area (TPSA) is 163 Å². The second-order valence-electron chi connectivity index (χ2n) is 11.2. The number of carbonyl (C=O) groups excluding carboxylic acids is 5. The molecule has 0 saturated carbocycles. The van der Waals surface area contributed by atoms with E-state index in [2.05, 4.69) is 21.3 Å². The van der Waals surface area contributed by atoms with Gasteiger partial charge in [0.25, 0.3) is 0 Å². The van der Waals surface area contributed by atoms with Crippen LogP contribution in [-0.4, -0.2) is 85.2 Å². The largest absolute Gasteiger partial charge is 0.344 e. The van der Waals surface area contributed by atoms with Gasteiger partial charge in [0.2, 0.25) is 29.9 Å². The second kappa shape index (κ2) is 17.9. The molecule has 1 fully saturated rings. The number of amides is 4.